The van der Waals surface area contributed by atoms with E-state index in [0.717, 1.165) is 0 Å². The van der Waals surface area contributed by atoms with E-state index in [1.165, 1.54) is 0 Å². The summed E-state index contributed by atoms with van der Waals surface area (Å²) in [6.07, 6.45) is -7.32. The second-order valence-electron chi connectivity index (χ2n) is 3.03. The van der Waals surface area contributed by atoms with Crippen LogP contribution in [0.25, 0.3) is 0 Å². The number of rotatable bonds is 6. The molecule has 4 atom stereocenters. The molecule has 0 aromatic carbocycles. The SMILES string of the molecule is O=C([O-])C(O)C(O)CO.O=C([O-])C(O)C(O)CO.[Mg+2]. The third-order valence-electron chi connectivity index (χ3n) is 1.59. The molecule has 19 heavy (non-hydrogen) atoms. The van der Waals surface area contributed by atoms with Gasteiger partial charge in [-0.05, 0) is 0 Å². The number of carboxylic acid groups (broad SMARTS) is 2. The van der Waals surface area contributed by atoms with Crippen molar-refractivity contribution in [3.63, 3.8) is 0 Å². The molecule has 0 amide bonds. The molecule has 0 aromatic heterocycles. The van der Waals surface area contributed by atoms with E-state index < -0.39 is 49.6 Å². The van der Waals surface area contributed by atoms with E-state index in [-0.39, 0.29) is 23.1 Å². The summed E-state index contributed by atoms with van der Waals surface area (Å²) >= 11 is 0. The fourth-order valence-electron chi connectivity index (χ4n) is 0.514. The molecule has 0 aromatic rings. The minimum absolute atomic E-state index is 0. The van der Waals surface area contributed by atoms with Gasteiger partial charge in [0.15, 0.2) is 0 Å². The number of aliphatic carboxylic acids is 2. The van der Waals surface area contributed by atoms with Crippen LogP contribution in [0.5, 0.6) is 0 Å². The van der Waals surface area contributed by atoms with Crippen LogP contribution >= 0.6 is 0 Å². The maximum absolute atomic E-state index is 9.67. The minimum atomic E-state index is -2.00. The zero-order chi connectivity index (χ0) is 14.9. The number of carbonyl (C=O) groups excluding carboxylic acids is 2. The summed E-state index contributed by atoms with van der Waals surface area (Å²) in [5.74, 6) is -3.59. The molecule has 108 valence electrons. The number of hydrogen-bond donors (Lipinski definition) is 6. The zero-order valence-electron chi connectivity index (χ0n) is 9.75. The molecular formula is C8H14MgO10. The number of aliphatic hydroxyl groups is 6. The van der Waals surface area contributed by atoms with Gasteiger partial charge in [-0.15, -0.1) is 0 Å². The maximum Gasteiger partial charge on any atom is 2.00 e. The molecule has 0 heterocycles. The molecule has 0 spiro atoms. The maximum atomic E-state index is 9.67. The van der Waals surface area contributed by atoms with Gasteiger partial charge in [0.05, 0.1) is 25.2 Å². The van der Waals surface area contributed by atoms with Crippen LogP contribution in [0.3, 0.4) is 0 Å². The van der Waals surface area contributed by atoms with Crippen molar-refractivity contribution in [1.29, 1.82) is 0 Å². The molecule has 0 aliphatic heterocycles. The van der Waals surface area contributed by atoms with Crippen molar-refractivity contribution in [2.75, 3.05) is 13.2 Å². The molecule has 4 unspecified atom stereocenters. The van der Waals surface area contributed by atoms with Crippen molar-refractivity contribution in [3.8, 4) is 0 Å². The fourth-order valence-corrected chi connectivity index (χ4v) is 0.514. The largest absolute Gasteiger partial charge is 2.00 e. The third kappa shape index (κ3) is 11.0. The first-order valence-electron chi connectivity index (χ1n) is 4.54. The predicted octanol–water partition coefficient (Wildman–Crippen LogP) is -7.48. The van der Waals surface area contributed by atoms with E-state index in [9.17, 15) is 19.8 Å². The van der Waals surface area contributed by atoms with Crippen LogP contribution in [-0.4, -0.2) is 103 Å². The van der Waals surface area contributed by atoms with E-state index >= 15 is 0 Å². The number of carboxylic acids is 2. The molecule has 0 saturated carbocycles. The average Bonchev–Trinajstić information content (AvgIpc) is 2.35. The Bertz CT molecular complexity index is 234. The molecule has 11 heteroatoms. The summed E-state index contributed by atoms with van der Waals surface area (Å²) in [5, 5.41) is 68.8. The molecule has 0 fully saturated rings. The zero-order valence-corrected chi connectivity index (χ0v) is 11.2. The van der Waals surface area contributed by atoms with E-state index in [2.05, 4.69) is 0 Å². The Balaban J connectivity index is -0.000000256. The monoisotopic (exact) mass is 294 g/mol. The first-order chi connectivity index (χ1) is 8.18. The van der Waals surface area contributed by atoms with E-state index in [1.807, 2.05) is 0 Å². The quantitative estimate of drug-likeness (QED) is 0.255. The predicted molar refractivity (Wildman–Crippen MR) is 54.0 cm³/mol. The summed E-state index contributed by atoms with van der Waals surface area (Å²) in [5.41, 5.74) is 0. The molecule has 0 radical (unpaired) electrons. The summed E-state index contributed by atoms with van der Waals surface area (Å²) in [7, 11) is 0. The van der Waals surface area contributed by atoms with Gasteiger partial charge in [-0.25, -0.2) is 0 Å². The summed E-state index contributed by atoms with van der Waals surface area (Å²) in [6, 6.07) is 0. The Morgan fingerprint density at radius 1 is 0.789 bits per heavy atom. The molecule has 10 nitrogen and oxygen atoms in total. The Morgan fingerprint density at radius 2 is 1.00 bits per heavy atom. The third-order valence-corrected chi connectivity index (χ3v) is 1.59. The van der Waals surface area contributed by atoms with Crippen LogP contribution in [0, 0.1) is 0 Å². The van der Waals surface area contributed by atoms with E-state index in [0.29, 0.717) is 0 Å². The number of aliphatic hydroxyl groups excluding tert-OH is 6. The smallest absolute Gasteiger partial charge is 0.547 e. The summed E-state index contributed by atoms with van der Waals surface area (Å²) in [6.45, 7) is -1.59. The Labute approximate surface area is 123 Å². The Hall–Kier alpha value is -0.534. The van der Waals surface area contributed by atoms with Crippen LogP contribution in [-0.2, 0) is 9.59 Å². The van der Waals surface area contributed by atoms with Crippen LogP contribution in [0.4, 0.5) is 0 Å². The summed E-state index contributed by atoms with van der Waals surface area (Å²) in [4.78, 5) is 19.3. The van der Waals surface area contributed by atoms with Crippen molar-refractivity contribution in [1.82, 2.24) is 0 Å². The Morgan fingerprint density at radius 3 is 1.05 bits per heavy atom. The normalized spacial score (nSPS) is 15.9. The van der Waals surface area contributed by atoms with Crippen LogP contribution in [0.2, 0.25) is 0 Å². The molecule has 0 saturated heterocycles. The fraction of sp³-hybridized carbons (Fsp3) is 0.750. The van der Waals surface area contributed by atoms with Gasteiger partial charge >= 0.3 is 23.1 Å². The van der Waals surface area contributed by atoms with Crippen molar-refractivity contribution < 1.29 is 50.4 Å². The molecule has 6 N–H and O–H groups in total. The van der Waals surface area contributed by atoms with E-state index in [1.54, 1.807) is 0 Å². The van der Waals surface area contributed by atoms with Gasteiger partial charge in [0.2, 0.25) is 0 Å². The average molecular weight is 294 g/mol. The van der Waals surface area contributed by atoms with Crippen LogP contribution in [0.1, 0.15) is 0 Å². The number of hydrogen-bond acceptors (Lipinski definition) is 10. The van der Waals surface area contributed by atoms with Crippen molar-refractivity contribution in [2.24, 2.45) is 0 Å². The first kappa shape index (κ1) is 23.6. The molecule has 0 aliphatic carbocycles. The van der Waals surface area contributed by atoms with Gasteiger partial charge in [-0.1, -0.05) is 0 Å². The summed E-state index contributed by atoms with van der Waals surface area (Å²) < 4.78 is 0. The van der Waals surface area contributed by atoms with Crippen molar-refractivity contribution in [2.45, 2.75) is 24.4 Å². The standard InChI is InChI=1S/2C4H8O5.Mg/c2*5-1-2(6)3(7)4(8)9;/h2*2-3,5-7H,1H2,(H,8,9);/q;;+2/p-2. The Kier molecular flexibility index (Phi) is 15.5. The molecular weight excluding hydrogens is 280 g/mol. The van der Waals surface area contributed by atoms with E-state index in [4.69, 9.17) is 30.6 Å². The van der Waals surface area contributed by atoms with Gasteiger partial charge in [0.25, 0.3) is 0 Å². The van der Waals surface area contributed by atoms with Crippen LogP contribution in [0.15, 0.2) is 0 Å². The molecule has 0 aliphatic rings. The number of carbonyl (C=O) groups is 2. The van der Waals surface area contributed by atoms with Gasteiger partial charge in [0.1, 0.15) is 24.4 Å². The molecule has 0 bridgehead atoms. The minimum Gasteiger partial charge on any atom is -0.547 e. The van der Waals surface area contributed by atoms with Gasteiger partial charge in [-0.2, -0.15) is 0 Å². The first-order valence-corrected chi connectivity index (χ1v) is 4.54. The van der Waals surface area contributed by atoms with Gasteiger partial charge in [-0.3, -0.25) is 0 Å². The van der Waals surface area contributed by atoms with Gasteiger partial charge < -0.3 is 50.4 Å². The second kappa shape index (κ2) is 12.5. The second-order valence-corrected chi connectivity index (χ2v) is 3.03. The van der Waals surface area contributed by atoms with Crippen molar-refractivity contribution in [3.05, 3.63) is 0 Å². The van der Waals surface area contributed by atoms with Gasteiger partial charge in [0, 0.05) is 0 Å². The molecule has 0 rings (SSSR count). The topological polar surface area (TPSA) is 202 Å². The van der Waals surface area contributed by atoms with Crippen LogP contribution < -0.4 is 10.2 Å². The van der Waals surface area contributed by atoms with Crippen molar-refractivity contribution >= 4 is 35.0 Å².